The Hall–Kier alpha value is -1.95. The number of guanidine groups is 1. The van der Waals surface area contributed by atoms with Gasteiger partial charge in [0.15, 0.2) is 5.96 Å². The lowest BCUT2D eigenvalue weighted by Gasteiger charge is -2.27. The Morgan fingerprint density at radius 2 is 2.00 bits per heavy atom. The first-order chi connectivity index (χ1) is 14.7. The number of ether oxygens (including phenoxy) is 2. The van der Waals surface area contributed by atoms with Gasteiger partial charge in [0.25, 0.3) is 0 Å². The molecule has 1 unspecified atom stereocenters. The molecule has 6 heteroatoms. The summed E-state index contributed by atoms with van der Waals surface area (Å²) in [4.78, 5) is 7.43. The molecule has 1 heterocycles. The van der Waals surface area contributed by atoms with Gasteiger partial charge in [0.1, 0.15) is 5.75 Å². The zero-order chi connectivity index (χ0) is 21.2. The molecule has 0 radical (unpaired) electrons. The second-order valence-corrected chi connectivity index (χ2v) is 8.80. The van der Waals surface area contributed by atoms with Crippen LogP contribution in [-0.2, 0) is 4.74 Å². The van der Waals surface area contributed by atoms with Gasteiger partial charge in [0.05, 0.1) is 12.8 Å². The highest BCUT2D eigenvalue weighted by Gasteiger charge is 2.33. The van der Waals surface area contributed by atoms with Crippen molar-refractivity contribution in [2.75, 3.05) is 58.5 Å². The molecule has 0 aromatic heterocycles. The minimum atomic E-state index is 0.326. The van der Waals surface area contributed by atoms with E-state index in [1.54, 1.807) is 14.2 Å². The van der Waals surface area contributed by atoms with E-state index in [1.807, 2.05) is 12.1 Å². The van der Waals surface area contributed by atoms with Gasteiger partial charge in [-0.3, -0.25) is 4.99 Å². The molecule has 3 rings (SSSR count). The van der Waals surface area contributed by atoms with Crippen LogP contribution in [0.2, 0.25) is 0 Å². The predicted octanol–water partition coefficient (Wildman–Crippen LogP) is 3.67. The highest BCUT2D eigenvalue weighted by atomic mass is 16.5. The summed E-state index contributed by atoms with van der Waals surface area (Å²) in [5, 5.41) is 7.05. The van der Waals surface area contributed by atoms with E-state index in [0.717, 1.165) is 57.5 Å². The average Bonchev–Trinajstić information content (AvgIpc) is 3.44. The minimum Gasteiger partial charge on any atom is -0.495 e. The van der Waals surface area contributed by atoms with Crippen LogP contribution in [0, 0.1) is 11.3 Å². The number of rotatable bonds is 10. The van der Waals surface area contributed by atoms with Crippen LogP contribution in [-0.4, -0.2) is 59.5 Å². The van der Waals surface area contributed by atoms with Crippen LogP contribution in [0.1, 0.15) is 45.4 Å². The van der Waals surface area contributed by atoms with Crippen molar-refractivity contribution in [3.8, 4) is 5.75 Å². The molecule has 6 nitrogen and oxygen atoms in total. The maximum atomic E-state index is 5.55. The van der Waals surface area contributed by atoms with Crippen molar-refractivity contribution in [3.63, 3.8) is 0 Å². The lowest BCUT2D eigenvalue weighted by Crippen LogP contribution is -2.41. The van der Waals surface area contributed by atoms with E-state index in [4.69, 9.17) is 14.5 Å². The van der Waals surface area contributed by atoms with Crippen LogP contribution >= 0.6 is 0 Å². The number of anilines is 1. The Kier molecular flexibility index (Phi) is 8.67. The first-order valence-corrected chi connectivity index (χ1v) is 11.6. The Morgan fingerprint density at radius 1 is 1.20 bits per heavy atom. The molecule has 1 aliphatic carbocycles. The summed E-state index contributed by atoms with van der Waals surface area (Å²) in [6.45, 7) is 7.80. The second kappa shape index (κ2) is 11.4. The third kappa shape index (κ3) is 6.03. The zero-order valence-corrected chi connectivity index (χ0v) is 19.1. The standard InChI is InChI=1S/C24H40N4O2/c1-4-25-23(27-19-24(14-16-29-2)12-7-8-13-24)26-17-20-11-15-28(18-20)21-9-5-6-10-22(21)30-3/h5-6,9-10,20H,4,7-8,11-19H2,1-3H3,(H2,25,26,27). The molecular weight excluding hydrogens is 376 g/mol. The average molecular weight is 417 g/mol. The van der Waals surface area contributed by atoms with Crippen molar-refractivity contribution in [2.45, 2.75) is 45.4 Å². The number of hydrogen-bond donors (Lipinski definition) is 2. The number of para-hydroxylation sites is 2. The van der Waals surface area contributed by atoms with E-state index in [9.17, 15) is 0 Å². The smallest absolute Gasteiger partial charge is 0.191 e. The molecule has 1 aliphatic heterocycles. The van der Waals surface area contributed by atoms with Gasteiger partial charge in [-0.05, 0) is 56.1 Å². The summed E-state index contributed by atoms with van der Waals surface area (Å²) in [7, 11) is 3.55. The molecule has 0 bridgehead atoms. The van der Waals surface area contributed by atoms with E-state index >= 15 is 0 Å². The quantitative estimate of drug-likeness (QED) is 0.450. The summed E-state index contributed by atoms with van der Waals surface area (Å²) in [6, 6.07) is 8.31. The van der Waals surface area contributed by atoms with Gasteiger partial charge in [-0.2, -0.15) is 0 Å². The summed E-state index contributed by atoms with van der Waals surface area (Å²) in [6.07, 6.45) is 7.49. The van der Waals surface area contributed by atoms with Crippen LogP contribution in [0.4, 0.5) is 5.69 Å². The molecule has 2 N–H and O–H groups in total. The largest absolute Gasteiger partial charge is 0.495 e. The molecule has 2 aliphatic rings. The number of aliphatic imine (C=N–C) groups is 1. The monoisotopic (exact) mass is 416 g/mol. The molecule has 1 saturated carbocycles. The van der Waals surface area contributed by atoms with Crippen LogP contribution in [0.5, 0.6) is 5.75 Å². The zero-order valence-electron chi connectivity index (χ0n) is 19.1. The molecular formula is C24H40N4O2. The first kappa shape index (κ1) is 22.7. The predicted molar refractivity (Wildman–Crippen MR) is 125 cm³/mol. The number of benzene rings is 1. The molecule has 0 spiro atoms. The Morgan fingerprint density at radius 3 is 2.73 bits per heavy atom. The molecule has 1 aromatic rings. The van der Waals surface area contributed by atoms with Crippen molar-refractivity contribution in [2.24, 2.45) is 16.3 Å². The molecule has 1 saturated heterocycles. The lowest BCUT2D eigenvalue weighted by atomic mass is 9.83. The highest BCUT2D eigenvalue weighted by molar-refractivity contribution is 5.79. The van der Waals surface area contributed by atoms with Gasteiger partial charge < -0.3 is 25.0 Å². The molecule has 168 valence electrons. The Labute approximate surface area is 182 Å². The maximum absolute atomic E-state index is 5.55. The van der Waals surface area contributed by atoms with E-state index in [1.165, 1.54) is 37.8 Å². The van der Waals surface area contributed by atoms with Crippen LogP contribution in [0.25, 0.3) is 0 Å². The van der Waals surface area contributed by atoms with Crippen LogP contribution in [0.15, 0.2) is 29.3 Å². The number of nitrogens with zero attached hydrogens (tertiary/aromatic N) is 2. The summed E-state index contributed by atoms with van der Waals surface area (Å²) < 4.78 is 10.9. The fourth-order valence-corrected chi connectivity index (χ4v) is 4.87. The number of hydrogen-bond acceptors (Lipinski definition) is 4. The first-order valence-electron chi connectivity index (χ1n) is 11.6. The number of methoxy groups -OCH3 is 2. The van der Waals surface area contributed by atoms with Crippen molar-refractivity contribution < 1.29 is 9.47 Å². The molecule has 1 atom stereocenters. The van der Waals surface area contributed by atoms with Crippen LogP contribution < -0.4 is 20.3 Å². The Bertz CT molecular complexity index is 673. The second-order valence-electron chi connectivity index (χ2n) is 8.80. The highest BCUT2D eigenvalue weighted by Crippen LogP contribution is 2.41. The van der Waals surface area contributed by atoms with Crippen LogP contribution in [0.3, 0.4) is 0 Å². The molecule has 0 amide bonds. The van der Waals surface area contributed by atoms with Gasteiger partial charge in [-0.15, -0.1) is 0 Å². The van der Waals surface area contributed by atoms with Crippen molar-refractivity contribution in [1.82, 2.24) is 10.6 Å². The topological polar surface area (TPSA) is 58.1 Å². The van der Waals surface area contributed by atoms with Gasteiger partial charge in [-0.25, -0.2) is 0 Å². The fourth-order valence-electron chi connectivity index (χ4n) is 4.87. The van der Waals surface area contributed by atoms with Gasteiger partial charge in [-0.1, -0.05) is 25.0 Å². The van der Waals surface area contributed by atoms with Gasteiger partial charge >= 0.3 is 0 Å². The normalized spacial score (nSPS) is 21.1. The van der Waals surface area contributed by atoms with Crippen molar-refractivity contribution in [3.05, 3.63) is 24.3 Å². The third-order valence-corrected chi connectivity index (χ3v) is 6.69. The van der Waals surface area contributed by atoms with E-state index < -0.39 is 0 Å². The summed E-state index contributed by atoms with van der Waals surface area (Å²) in [5.41, 5.74) is 1.52. The van der Waals surface area contributed by atoms with Gasteiger partial charge in [0.2, 0.25) is 0 Å². The molecule has 1 aromatic carbocycles. The maximum Gasteiger partial charge on any atom is 0.191 e. The van der Waals surface area contributed by atoms with Crippen molar-refractivity contribution in [1.29, 1.82) is 0 Å². The van der Waals surface area contributed by atoms with E-state index in [0.29, 0.717) is 11.3 Å². The fraction of sp³-hybridized carbons (Fsp3) is 0.708. The van der Waals surface area contributed by atoms with Crippen molar-refractivity contribution >= 4 is 11.6 Å². The SMILES string of the molecule is CCNC(=NCC1(CCOC)CCCC1)NCC1CCN(c2ccccc2OC)C1. The molecule has 30 heavy (non-hydrogen) atoms. The summed E-state index contributed by atoms with van der Waals surface area (Å²) >= 11 is 0. The Balaban J connectivity index is 1.54. The number of nitrogens with one attached hydrogen (secondary N) is 2. The lowest BCUT2D eigenvalue weighted by molar-refractivity contribution is 0.141. The van der Waals surface area contributed by atoms with E-state index in [-0.39, 0.29) is 0 Å². The third-order valence-electron chi connectivity index (χ3n) is 6.69. The molecule has 2 fully saturated rings. The summed E-state index contributed by atoms with van der Waals surface area (Å²) in [5.74, 6) is 2.52. The van der Waals surface area contributed by atoms with E-state index in [2.05, 4.69) is 34.6 Å². The van der Waals surface area contributed by atoms with Gasteiger partial charge in [0, 0.05) is 46.4 Å². The minimum absolute atomic E-state index is 0.326.